The molecular weight excluding hydrogens is 758 g/mol. The van der Waals surface area contributed by atoms with Gasteiger partial charge in [0.25, 0.3) is 10.5 Å². The number of carbonyl (C=O) groups is 3. The summed E-state index contributed by atoms with van der Waals surface area (Å²) in [6.07, 6.45) is 0. The Morgan fingerprint density at radius 2 is 1.24 bits per heavy atom. The number of anilines is 1. The second-order valence-corrected chi connectivity index (χ2v) is 9.83. The van der Waals surface area contributed by atoms with E-state index in [-0.39, 0.29) is 28.2 Å². The van der Waals surface area contributed by atoms with E-state index >= 15 is 0 Å². The lowest BCUT2D eigenvalue weighted by molar-refractivity contribution is -0.116. The molecule has 1 aliphatic carbocycles. The number of fused-ring (bicyclic) bond motifs is 1. The first-order chi connectivity index (χ1) is 13.6. The van der Waals surface area contributed by atoms with Crippen LogP contribution in [-0.4, -0.2) is 27.8 Å². The summed E-state index contributed by atoms with van der Waals surface area (Å²) in [5, 5.41) is 17.7. The minimum Gasteiger partial charge on any atom is -0.323 e. The Kier molecular flexibility index (Phi) is 7.03. The number of carbonyl (C=O) groups excluding carboxylic acids is 3. The van der Waals surface area contributed by atoms with Crippen LogP contribution in [0, 0.1) is 27.4 Å². The van der Waals surface area contributed by atoms with Crippen LogP contribution in [0.5, 0.6) is 0 Å². The average molecular weight is 766 g/mol. The highest BCUT2D eigenvalue weighted by atomic mass is 127. The third-order valence-electron chi connectivity index (χ3n) is 4.31. The van der Waals surface area contributed by atoms with Crippen LogP contribution in [-0.2, 0) is 4.79 Å². The van der Waals surface area contributed by atoms with Gasteiger partial charge in [0.2, 0.25) is 5.91 Å². The van der Waals surface area contributed by atoms with Gasteiger partial charge in [-0.3, -0.25) is 14.4 Å². The van der Waals surface area contributed by atoms with Gasteiger partial charge in [-0.1, -0.05) is 24.3 Å². The fourth-order valence-electron chi connectivity index (χ4n) is 2.98. The number of benzene rings is 2. The molecule has 0 saturated carbocycles. The van der Waals surface area contributed by atoms with Crippen LogP contribution >= 0.6 is 91.0 Å². The standard InChI is InChI=1S/C18H8Cl2I3N3O3/c19-16(27)7-10(21)8(17(20)28)12(23)15(11(7)22)26-18(29)9-13(24)5-3-1-2-4-6(5)14(9)25/h1-4,9,24-25H,(H,26,29). The molecule has 2 aromatic rings. The summed E-state index contributed by atoms with van der Waals surface area (Å²) in [6.45, 7) is 0. The minimum absolute atomic E-state index is 0.0147. The fraction of sp³-hybridized carbons (Fsp3) is 0.0556. The Balaban J connectivity index is 2.08. The fourth-order valence-corrected chi connectivity index (χ4v) is 8.42. The Morgan fingerprint density at radius 1 is 0.828 bits per heavy atom. The molecule has 3 N–H and O–H groups in total. The first-order valence-corrected chi connectivity index (χ1v) is 11.7. The Morgan fingerprint density at radius 3 is 1.62 bits per heavy atom. The van der Waals surface area contributed by atoms with Crippen LogP contribution in [0.4, 0.5) is 5.69 Å². The molecular formula is C18H8Cl2I3N3O3. The maximum Gasteiger partial charge on any atom is 0.254 e. The predicted octanol–water partition coefficient (Wildman–Crippen LogP) is 5.26. The molecule has 11 heteroatoms. The molecule has 0 aliphatic heterocycles. The van der Waals surface area contributed by atoms with E-state index in [1.54, 1.807) is 24.3 Å². The normalized spacial score (nSPS) is 15.3. The predicted molar refractivity (Wildman–Crippen MR) is 137 cm³/mol. The first kappa shape index (κ1) is 23.0. The molecule has 0 atom stereocenters. The molecule has 0 unspecified atom stereocenters. The third kappa shape index (κ3) is 4.00. The Bertz CT molecular complexity index is 1070. The van der Waals surface area contributed by atoms with Crippen molar-refractivity contribution >= 4 is 124 Å². The van der Waals surface area contributed by atoms with Crippen molar-refractivity contribution in [3.8, 4) is 0 Å². The highest BCUT2D eigenvalue weighted by molar-refractivity contribution is 14.1. The topological polar surface area (TPSA) is 111 Å². The van der Waals surface area contributed by atoms with Crippen molar-refractivity contribution in [1.29, 1.82) is 10.8 Å². The molecule has 0 fully saturated rings. The summed E-state index contributed by atoms with van der Waals surface area (Å²) in [4.78, 5) is 36.9. The molecule has 0 saturated heterocycles. The SMILES string of the molecule is N=C1c2ccccc2C(=N)C1C(=O)Nc1c(I)c(C(=O)Cl)c(I)c(C(=O)Cl)c1I. The van der Waals surface area contributed by atoms with Crippen molar-refractivity contribution in [2.24, 2.45) is 5.92 Å². The van der Waals surface area contributed by atoms with E-state index in [9.17, 15) is 14.4 Å². The molecule has 0 radical (unpaired) electrons. The highest BCUT2D eigenvalue weighted by Gasteiger charge is 2.38. The molecule has 3 rings (SSSR count). The molecule has 0 heterocycles. The van der Waals surface area contributed by atoms with Crippen LogP contribution < -0.4 is 5.32 Å². The van der Waals surface area contributed by atoms with Crippen molar-refractivity contribution < 1.29 is 14.4 Å². The molecule has 29 heavy (non-hydrogen) atoms. The van der Waals surface area contributed by atoms with E-state index in [4.69, 9.17) is 34.0 Å². The van der Waals surface area contributed by atoms with E-state index in [0.717, 1.165) is 0 Å². The number of amides is 1. The largest absolute Gasteiger partial charge is 0.323 e. The molecule has 0 spiro atoms. The second kappa shape index (κ2) is 8.85. The monoisotopic (exact) mass is 765 g/mol. The maximum absolute atomic E-state index is 13.0. The Labute approximate surface area is 215 Å². The van der Waals surface area contributed by atoms with Crippen LogP contribution in [0.25, 0.3) is 0 Å². The molecule has 0 bridgehead atoms. The number of hydrogen-bond acceptors (Lipinski definition) is 5. The highest BCUT2D eigenvalue weighted by Crippen LogP contribution is 2.38. The van der Waals surface area contributed by atoms with Crippen molar-refractivity contribution in [2.75, 3.05) is 5.32 Å². The van der Waals surface area contributed by atoms with Gasteiger partial charge in [0, 0.05) is 14.7 Å². The molecule has 2 aromatic carbocycles. The summed E-state index contributed by atoms with van der Waals surface area (Å²) in [7, 11) is 0. The van der Waals surface area contributed by atoms with Crippen molar-refractivity contribution in [1.82, 2.24) is 0 Å². The van der Waals surface area contributed by atoms with E-state index in [1.807, 2.05) is 67.8 Å². The number of hydrogen-bond donors (Lipinski definition) is 3. The van der Waals surface area contributed by atoms with E-state index < -0.39 is 22.3 Å². The van der Waals surface area contributed by atoms with Gasteiger partial charge in [0.15, 0.2) is 0 Å². The smallest absolute Gasteiger partial charge is 0.254 e. The van der Waals surface area contributed by atoms with Crippen LogP contribution in [0.1, 0.15) is 31.8 Å². The maximum atomic E-state index is 13.0. The summed E-state index contributed by atoms with van der Waals surface area (Å²) >= 11 is 16.9. The van der Waals surface area contributed by atoms with Gasteiger partial charge in [0.1, 0.15) is 5.92 Å². The first-order valence-electron chi connectivity index (χ1n) is 7.75. The van der Waals surface area contributed by atoms with Crippen LogP contribution in [0.2, 0.25) is 0 Å². The number of halogens is 5. The summed E-state index contributed by atoms with van der Waals surface area (Å²) in [5.74, 6) is -1.72. The van der Waals surface area contributed by atoms with Crippen molar-refractivity contribution in [3.63, 3.8) is 0 Å². The minimum atomic E-state index is -1.11. The quantitative estimate of drug-likeness (QED) is 0.292. The Hall–Kier alpha value is -0.640. The zero-order valence-electron chi connectivity index (χ0n) is 14.0. The number of rotatable bonds is 4. The van der Waals surface area contributed by atoms with E-state index in [1.165, 1.54) is 0 Å². The van der Waals surface area contributed by atoms with Gasteiger partial charge >= 0.3 is 0 Å². The third-order valence-corrected chi connectivity index (χ3v) is 7.92. The molecule has 0 aromatic heterocycles. The van der Waals surface area contributed by atoms with Crippen LogP contribution in [0.15, 0.2) is 24.3 Å². The summed E-state index contributed by atoms with van der Waals surface area (Å²) in [6, 6.07) is 6.85. The number of nitrogens with one attached hydrogen (secondary N) is 3. The zero-order chi connectivity index (χ0) is 21.6. The average Bonchev–Trinajstić information content (AvgIpc) is 2.89. The van der Waals surface area contributed by atoms with Gasteiger partial charge in [-0.05, 0) is 91.0 Å². The summed E-state index contributed by atoms with van der Waals surface area (Å²) < 4.78 is 0.989. The molecule has 1 aliphatic rings. The van der Waals surface area contributed by atoms with E-state index in [0.29, 0.717) is 21.8 Å². The lowest BCUT2D eigenvalue weighted by Crippen LogP contribution is -2.32. The van der Waals surface area contributed by atoms with Gasteiger partial charge < -0.3 is 16.1 Å². The van der Waals surface area contributed by atoms with Gasteiger partial charge in [0.05, 0.1) is 35.4 Å². The lowest BCUT2D eigenvalue weighted by Gasteiger charge is -2.18. The summed E-state index contributed by atoms with van der Waals surface area (Å²) in [5.41, 5.74) is 1.40. The van der Waals surface area contributed by atoms with Gasteiger partial charge in [-0.15, -0.1) is 0 Å². The van der Waals surface area contributed by atoms with Gasteiger partial charge in [-0.2, -0.15) is 0 Å². The van der Waals surface area contributed by atoms with Crippen molar-refractivity contribution in [2.45, 2.75) is 0 Å². The van der Waals surface area contributed by atoms with Crippen LogP contribution in [0.3, 0.4) is 0 Å². The molecule has 6 nitrogen and oxygen atoms in total. The van der Waals surface area contributed by atoms with Gasteiger partial charge in [-0.25, -0.2) is 0 Å². The zero-order valence-corrected chi connectivity index (χ0v) is 22.0. The second-order valence-electron chi connectivity index (χ2n) is 5.91. The van der Waals surface area contributed by atoms with Crippen molar-refractivity contribution in [3.05, 3.63) is 57.2 Å². The lowest BCUT2D eigenvalue weighted by atomic mass is 10.0. The molecule has 1 amide bonds. The molecule has 148 valence electrons. The van der Waals surface area contributed by atoms with E-state index in [2.05, 4.69) is 5.32 Å².